The molecule has 1 atom stereocenters. The van der Waals surface area contributed by atoms with Gasteiger partial charge in [-0.3, -0.25) is 9.78 Å². The first-order valence-corrected chi connectivity index (χ1v) is 8.45. The molecule has 4 rings (SSSR count). The molecule has 0 aliphatic carbocycles. The van der Waals surface area contributed by atoms with E-state index in [4.69, 9.17) is 14.2 Å². The molecule has 0 radical (unpaired) electrons. The van der Waals surface area contributed by atoms with E-state index in [1.165, 1.54) is 0 Å². The maximum absolute atomic E-state index is 12.5. The number of aromatic nitrogens is 1. The number of allylic oxidation sites excluding steroid dienone is 1. The van der Waals surface area contributed by atoms with Crippen LogP contribution in [0.5, 0.6) is 11.5 Å². The average molecular weight is 351 g/mol. The summed E-state index contributed by atoms with van der Waals surface area (Å²) in [6.45, 7) is 2.33. The number of rotatable bonds is 3. The van der Waals surface area contributed by atoms with Gasteiger partial charge in [-0.2, -0.15) is 0 Å². The van der Waals surface area contributed by atoms with Gasteiger partial charge in [-0.25, -0.2) is 4.79 Å². The van der Waals surface area contributed by atoms with Gasteiger partial charge in [0.15, 0.2) is 11.9 Å². The van der Waals surface area contributed by atoms with Crippen molar-refractivity contribution < 1.29 is 23.8 Å². The van der Waals surface area contributed by atoms with Crippen LogP contribution in [0.1, 0.15) is 34.5 Å². The third kappa shape index (κ3) is 2.99. The Balaban J connectivity index is 1.59. The van der Waals surface area contributed by atoms with Gasteiger partial charge in [0.1, 0.15) is 11.5 Å². The van der Waals surface area contributed by atoms with Crippen molar-refractivity contribution in [3.63, 3.8) is 0 Å². The summed E-state index contributed by atoms with van der Waals surface area (Å²) in [7, 11) is 0. The van der Waals surface area contributed by atoms with E-state index in [0.29, 0.717) is 41.3 Å². The van der Waals surface area contributed by atoms with Gasteiger partial charge in [0, 0.05) is 24.4 Å². The van der Waals surface area contributed by atoms with E-state index in [-0.39, 0.29) is 11.5 Å². The number of ether oxygens (including phenoxy) is 3. The van der Waals surface area contributed by atoms with E-state index < -0.39 is 12.1 Å². The number of carbonyl (C=O) groups excluding carboxylic acids is 2. The number of benzene rings is 1. The summed E-state index contributed by atoms with van der Waals surface area (Å²) < 4.78 is 16.6. The molecule has 1 aromatic heterocycles. The molecule has 1 saturated heterocycles. The minimum Gasteiger partial charge on any atom is -0.452 e. The quantitative estimate of drug-likeness (QED) is 0.481. The predicted octanol–water partition coefficient (Wildman–Crippen LogP) is 3.09. The monoisotopic (exact) mass is 351 g/mol. The summed E-state index contributed by atoms with van der Waals surface area (Å²) in [6, 6.07) is 8.65. The van der Waals surface area contributed by atoms with Crippen LogP contribution >= 0.6 is 0 Å². The fourth-order valence-corrected chi connectivity index (χ4v) is 3.01. The summed E-state index contributed by atoms with van der Waals surface area (Å²) in [6.07, 6.45) is 4.23. The Hall–Kier alpha value is -2.99. The molecule has 2 aliphatic heterocycles. The number of hydrogen-bond donors (Lipinski definition) is 0. The normalized spacial score (nSPS) is 20.1. The standard InChI is InChI=1S/C20H17NO5/c1-12-15(26-20(23)16-6-4-10-24-16)8-7-14-18(22)17(25-19(12)14)11-13-5-2-3-9-21-13/h2-3,5,7-9,11,16H,4,6,10H2,1H3/b17-11-. The maximum Gasteiger partial charge on any atom is 0.340 e. The van der Waals surface area contributed by atoms with Crippen LogP contribution in [0.3, 0.4) is 0 Å². The molecule has 6 heteroatoms. The Morgan fingerprint density at radius 3 is 2.92 bits per heavy atom. The molecule has 1 fully saturated rings. The van der Waals surface area contributed by atoms with E-state index in [1.807, 2.05) is 6.07 Å². The van der Waals surface area contributed by atoms with E-state index >= 15 is 0 Å². The molecule has 2 aliphatic rings. The van der Waals surface area contributed by atoms with Crippen molar-refractivity contribution in [3.8, 4) is 11.5 Å². The van der Waals surface area contributed by atoms with Gasteiger partial charge in [-0.05, 0) is 44.0 Å². The van der Waals surface area contributed by atoms with Crippen LogP contribution in [-0.2, 0) is 9.53 Å². The number of hydrogen-bond acceptors (Lipinski definition) is 6. The number of esters is 1. The highest BCUT2D eigenvalue weighted by molar-refractivity contribution is 6.14. The lowest BCUT2D eigenvalue weighted by Crippen LogP contribution is -2.25. The minimum absolute atomic E-state index is 0.199. The largest absolute Gasteiger partial charge is 0.452 e. The lowest BCUT2D eigenvalue weighted by molar-refractivity contribution is -0.144. The van der Waals surface area contributed by atoms with Gasteiger partial charge < -0.3 is 14.2 Å². The predicted molar refractivity (Wildman–Crippen MR) is 93.0 cm³/mol. The summed E-state index contributed by atoms with van der Waals surface area (Å²) in [5.41, 5.74) is 1.68. The van der Waals surface area contributed by atoms with E-state index in [9.17, 15) is 9.59 Å². The maximum atomic E-state index is 12.5. The van der Waals surface area contributed by atoms with Crippen molar-refractivity contribution in [2.45, 2.75) is 25.9 Å². The van der Waals surface area contributed by atoms with Crippen LogP contribution in [0.4, 0.5) is 0 Å². The Labute approximate surface area is 150 Å². The van der Waals surface area contributed by atoms with Gasteiger partial charge >= 0.3 is 5.97 Å². The van der Waals surface area contributed by atoms with Crippen LogP contribution in [0.25, 0.3) is 6.08 Å². The third-order valence-corrected chi connectivity index (χ3v) is 4.41. The van der Waals surface area contributed by atoms with E-state index in [1.54, 1.807) is 43.5 Å². The van der Waals surface area contributed by atoms with Crippen molar-refractivity contribution in [2.24, 2.45) is 0 Å². The second kappa shape index (κ2) is 6.72. The molecule has 6 nitrogen and oxygen atoms in total. The van der Waals surface area contributed by atoms with Gasteiger partial charge in [0.05, 0.1) is 11.3 Å². The Kier molecular flexibility index (Phi) is 4.26. The molecule has 0 spiro atoms. The summed E-state index contributed by atoms with van der Waals surface area (Å²) >= 11 is 0. The van der Waals surface area contributed by atoms with Crippen molar-refractivity contribution in [2.75, 3.05) is 6.61 Å². The van der Waals surface area contributed by atoms with E-state index in [0.717, 1.165) is 6.42 Å². The minimum atomic E-state index is -0.523. The van der Waals surface area contributed by atoms with Crippen molar-refractivity contribution in [1.29, 1.82) is 0 Å². The van der Waals surface area contributed by atoms with Crippen LogP contribution in [-0.4, -0.2) is 29.4 Å². The smallest absolute Gasteiger partial charge is 0.340 e. The number of pyridine rings is 1. The van der Waals surface area contributed by atoms with Crippen LogP contribution in [0, 0.1) is 6.92 Å². The Morgan fingerprint density at radius 1 is 1.31 bits per heavy atom. The average Bonchev–Trinajstić information content (AvgIpc) is 3.28. The third-order valence-electron chi connectivity index (χ3n) is 4.41. The molecular formula is C20H17NO5. The lowest BCUT2D eigenvalue weighted by Gasteiger charge is -2.12. The zero-order valence-corrected chi connectivity index (χ0v) is 14.2. The van der Waals surface area contributed by atoms with Crippen molar-refractivity contribution in [1.82, 2.24) is 4.98 Å². The fraction of sp³-hybridized carbons (Fsp3) is 0.250. The molecule has 1 aromatic carbocycles. The molecule has 2 aromatic rings. The molecule has 0 N–H and O–H groups in total. The zero-order chi connectivity index (χ0) is 18.1. The highest BCUT2D eigenvalue weighted by Crippen LogP contribution is 2.39. The summed E-state index contributed by atoms with van der Waals surface area (Å²) in [5, 5.41) is 0. The first-order valence-electron chi connectivity index (χ1n) is 8.45. The van der Waals surface area contributed by atoms with Crippen LogP contribution in [0.2, 0.25) is 0 Å². The molecular weight excluding hydrogens is 334 g/mol. The van der Waals surface area contributed by atoms with Gasteiger partial charge in [0.25, 0.3) is 0 Å². The van der Waals surface area contributed by atoms with Crippen LogP contribution in [0.15, 0.2) is 42.3 Å². The second-order valence-corrected chi connectivity index (χ2v) is 6.18. The lowest BCUT2D eigenvalue weighted by atomic mass is 10.1. The van der Waals surface area contributed by atoms with Gasteiger partial charge in [-0.15, -0.1) is 0 Å². The van der Waals surface area contributed by atoms with Gasteiger partial charge in [-0.1, -0.05) is 6.07 Å². The molecule has 132 valence electrons. The molecule has 0 saturated carbocycles. The Morgan fingerprint density at radius 2 is 2.19 bits per heavy atom. The van der Waals surface area contributed by atoms with Gasteiger partial charge in [0.2, 0.25) is 5.78 Å². The number of carbonyl (C=O) groups is 2. The first kappa shape index (κ1) is 16.5. The highest BCUT2D eigenvalue weighted by Gasteiger charge is 2.32. The molecule has 3 heterocycles. The van der Waals surface area contributed by atoms with Crippen LogP contribution < -0.4 is 9.47 Å². The molecule has 0 amide bonds. The highest BCUT2D eigenvalue weighted by atomic mass is 16.6. The number of Topliss-reactive ketones (excluding diaryl/α,β-unsaturated/α-hetero) is 1. The number of ketones is 1. The Bertz CT molecular complexity index is 898. The van der Waals surface area contributed by atoms with Crippen molar-refractivity contribution in [3.05, 3.63) is 59.1 Å². The summed E-state index contributed by atoms with van der Waals surface area (Å²) in [5.74, 6) is 0.347. The summed E-state index contributed by atoms with van der Waals surface area (Å²) in [4.78, 5) is 28.9. The number of fused-ring (bicyclic) bond motifs is 1. The number of nitrogens with zero attached hydrogens (tertiary/aromatic N) is 1. The van der Waals surface area contributed by atoms with Crippen molar-refractivity contribution >= 4 is 17.8 Å². The SMILES string of the molecule is Cc1c(OC(=O)C2CCCO2)ccc2c1O/C(=C\c1ccccn1)C2=O. The first-order chi connectivity index (χ1) is 12.6. The molecule has 26 heavy (non-hydrogen) atoms. The topological polar surface area (TPSA) is 74.7 Å². The fourth-order valence-electron chi connectivity index (χ4n) is 3.01. The zero-order valence-electron chi connectivity index (χ0n) is 14.2. The molecule has 1 unspecified atom stereocenters. The van der Waals surface area contributed by atoms with E-state index in [2.05, 4.69) is 4.98 Å². The molecule has 0 bridgehead atoms. The second-order valence-electron chi connectivity index (χ2n) is 6.18.